The molecule has 0 spiro atoms. The molecule has 21 heavy (non-hydrogen) atoms. The molecular formula is C16H20N4O. The average molecular weight is 284 g/mol. The largest absolute Gasteiger partial charge is 0.424 e. The van der Waals surface area contributed by atoms with E-state index in [2.05, 4.69) is 36.8 Å². The fourth-order valence-corrected chi connectivity index (χ4v) is 1.87. The van der Waals surface area contributed by atoms with Gasteiger partial charge in [0.05, 0.1) is 0 Å². The number of nitrogens with two attached hydrogens (primary N) is 1. The molecule has 3 N–H and O–H groups in total. The van der Waals surface area contributed by atoms with E-state index in [9.17, 15) is 0 Å². The molecule has 1 heterocycles. The van der Waals surface area contributed by atoms with Crippen LogP contribution < -0.4 is 10.5 Å². The highest BCUT2D eigenvalue weighted by Crippen LogP contribution is 2.29. The number of benzene rings is 1. The van der Waals surface area contributed by atoms with Crippen molar-refractivity contribution in [1.82, 2.24) is 9.97 Å². The maximum atomic E-state index is 7.38. The summed E-state index contributed by atoms with van der Waals surface area (Å²) in [7, 11) is 0. The molecule has 0 aliphatic heterocycles. The maximum Gasteiger partial charge on any atom is 0.322 e. The third-order valence-electron chi connectivity index (χ3n) is 3.15. The number of rotatable bonds is 3. The monoisotopic (exact) mass is 284 g/mol. The third-order valence-corrected chi connectivity index (χ3v) is 3.15. The standard InChI is InChI=1S/C16H20N4O/c1-10-9-11(16(2,3)4)5-6-13(10)21-15-19-8-7-12(20-15)14(17)18/h5-9H,1-4H3,(H3,17,18). The molecule has 0 aliphatic rings. The Morgan fingerprint density at radius 2 is 1.95 bits per heavy atom. The number of nitrogens with one attached hydrogen (secondary N) is 1. The van der Waals surface area contributed by atoms with Crippen LogP contribution in [0.25, 0.3) is 0 Å². The minimum absolute atomic E-state index is 0.0916. The Bertz CT molecular complexity index is 674. The first-order chi connectivity index (χ1) is 9.77. The van der Waals surface area contributed by atoms with Crippen molar-refractivity contribution in [2.24, 2.45) is 5.73 Å². The second-order valence-corrected chi connectivity index (χ2v) is 5.97. The van der Waals surface area contributed by atoms with Crippen LogP contribution in [-0.2, 0) is 5.41 Å². The third kappa shape index (κ3) is 3.56. The topological polar surface area (TPSA) is 84.9 Å². The highest BCUT2D eigenvalue weighted by molar-refractivity contribution is 5.92. The molecule has 0 bridgehead atoms. The molecule has 0 fully saturated rings. The van der Waals surface area contributed by atoms with Crippen LogP contribution in [0.3, 0.4) is 0 Å². The lowest BCUT2D eigenvalue weighted by atomic mass is 9.86. The molecule has 0 saturated carbocycles. The molecule has 0 saturated heterocycles. The van der Waals surface area contributed by atoms with Gasteiger partial charge in [-0.1, -0.05) is 32.9 Å². The lowest BCUT2D eigenvalue weighted by Gasteiger charge is -2.20. The van der Waals surface area contributed by atoms with Gasteiger partial charge in [0, 0.05) is 6.20 Å². The number of hydrogen-bond acceptors (Lipinski definition) is 4. The van der Waals surface area contributed by atoms with Gasteiger partial charge in [0.1, 0.15) is 17.3 Å². The fraction of sp³-hybridized carbons (Fsp3) is 0.312. The van der Waals surface area contributed by atoms with E-state index < -0.39 is 0 Å². The van der Waals surface area contributed by atoms with Gasteiger partial charge < -0.3 is 10.5 Å². The van der Waals surface area contributed by atoms with Gasteiger partial charge in [0.15, 0.2) is 0 Å². The van der Waals surface area contributed by atoms with Crippen LogP contribution in [0.2, 0.25) is 0 Å². The SMILES string of the molecule is Cc1cc(C(C)(C)C)ccc1Oc1nccc(C(=N)N)n1. The lowest BCUT2D eigenvalue weighted by molar-refractivity contribution is 0.437. The summed E-state index contributed by atoms with van der Waals surface area (Å²) in [6.45, 7) is 8.49. The van der Waals surface area contributed by atoms with Crippen LogP contribution >= 0.6 is 0 Å². The lowest BCUT2D eigenvalue weighted by Crippen LogP contribution is -2.13. The van der Waals surface area contributed by atoms with E-state index in [-0.39, 0.29) is 17.3 Å². The van der Waals surface area contributed by atoms with Gasteiger partial charge in [-0.25, -0.2) is 4.98 Å². The molecule has 5 nitrogen and oxygen atoms in total. The summed E-state index contributed by atoms with van der Waals surface area (Å²) in [6.07, 6.45) is 1.53. The molecule has 2 rings (SSSR count). The van der Waals surface area contributed by atoms with E-state index in [0.717, 1.165) is 5.56 Å². The molecule has 2 aromatic rings. The van der Waals surface area contributed by atoms with Crippen LogP contribution in [-0.4, -0.2) is 15.8 Å². The van der Waals surface area contributed by atoms with E-state index in [1.165, 1.54) is 11.8 Å². The van der Waals surface area contributed by atoms with Gasteiger partial charge in [-0.2, -0.15) is 4.98 Å². The summed E-state index contributed by atoms with van der Waals surface area (Å²) in [4.78, 5) is 8.14. The summed E-state index contributed by atoms with van der Waals surface area (Å²) in [6, 6.07) is 7.82. The molecule has 0 amide bonds. The molecule has 0 aliphatic carbocycles. The number of aromatic nitrogens is 2. The van der Waals surface area contributed by atoms with Crippen molar-refractivity contribution in [3.05, 3.63) is 47.3 Å². The quantitative estimate of drug-likeness (QED) is 0.669. The highest BCUT2D eigenvalue weighted by Gasteiger charge is 2.15. The normalized spacial score (nSPS) is 11.2. The first kappa shape index (κ1) is 15.0. The van der Waals surface area contributed by atoms with Crippen LogP contribution in [0, 0.1) is 12.3 Å². The molecule has 1 aromatic heterocycles. The van der Waals surface area contributed by atoms with Crippen molar-refractivity contribution in [3.8, 4) is 11.8 Å². The zero-order valence-electron chi connectivity index (χ0n) is 12.8. The van der Waals surface area contributed by atoms with E-state index in [1.807, 2.05) is 19.1 Å². The number of nitrogens with zero attached hydrogens (tertiary/aromatic N) is 2. The zero-order chi connectivity index (χ0) is 15.6. The number of aryl methyl sites for hydroxylation is 1. The van der Waals surface area contributed by atoms with Crippen LogP contribution in [0.4, 0.5) is 0 Å². The zero-order valence-corrected chi connectivity index (χ0v) is 12.8. The Morgan fingerprint density at radius 3 is 2.52 bits per heavy atom. The van der Waals surface area contributed by atoms with Gasteiger partial charge >= 0.3 is 6.01 Å². The molecule has 0 atom stereocenters. The Morgan fingerprint density at radius 1 is 1.24 bits per heavy atom. The van der Waals surface area contributed by atoms with Crippen molar-refractivity contribution in [2.45, 2.75) is 33.1 Å². The molecule has 110 valence electrons. The van der Waals surface area contributed by atoms with E-state index in [4.69, 9.17) is 15.9 Å². The molecule has 0 unspecified atom stereocenters. The van der Waals surface area contributed by atoms with Crippen LogP contribution in [0.5, 0.6) is 11.8 Å². The van der Waals surface area contributed by atoms with E-state index in [1.54, 1.807) is 6.07 Å². The minimum atomic E-state index is -0.109. The first-order valence-corrected chi connectivity index (χ1v) is 6.74. The summed E-state index contributed by atoms with van der Waals surface area (Å²) in [5.41, 5.74) is 8.11. The van der Waals surface area contributed by atoms with Gasteiger partial charge in [0.25, 0.3) is 0 Å². The Labute approximate surface area is 124 Å². The average Bonchev–Trinajstić information content (AvgIpc) is 2.40. The maximum absolute atomic E-state index is 7.38. The van der Waals surface area contributed by atoms with Crippen molar-refractivity contribution >= 4 is 5.84 Å². The molecule has 5 heteroatoms. The predicted molar refractivity (Wildman–Crippen MR) is 83.0 cm³/mol. The summed E-state index contributed by atoms with van der Waals surface area (Å²) in [5, 5.41) is 7.38. The van der Waals surface area contributed by atoms with E-state index >= 15 is 0 Å². The predicted octanol–water partition coefficient (Wildman–Crippen LogP) is 3.16. The van der Waals surface area contributed by atoms with Crippen LogP contribution in [0.15, 0.2) is 30.5 Å². The van der Waals surface area contributed by atoms with Gasteiger partial charge in [0.2, 0.25) is 0 Å². The van der Waals surface area contributed by atoms with Gasteiger partial charge in [-0.05, 0) is 35.6 Å². The number of hydrogen-bond donors (Lipinski definition) is 2. The summed E-state index contributed by atoms with van der Waals surface area (Å²) in [5.74, 6) is 0.589. The first-order valence-electron chi connectivity index (χ1n) is 6.74. The number of amidine groups is 1. The Kier molecular flexibility index (Phi) is 3.93. The Hall–Kier alpha value is -2.43. The van der Waals surface area contributed by atoms with Gasteiger partial charge in [-0.3, -0.25) is 5.41 Å². The van der Waals surface area contributed by atoms with Crippen molar-refractivity contribution < 1.29 is 4.74 Å². The summed E-state index contributed by atoms with van der Waals surface area (Å²) >= 11 is 0. The smallest absolute Gasteiger partial charge is 0.322 e. The number of nitrogen functional groups attached to an aromatic ring is 1. The molecule has 0 radical (unpaired) electrons. The van der Waals surface area contributed by atoms with Crippen LogP contribution in [0.1, 0.15) is 37.6 Å². The van der Waals surface area contributed by atoms with Crippen molar-refractivity contribution in [1.29, 1.82) is 5.41 Å². The molecule has 1 aromatic carbocycles. The summed E-state index contributed by atoms with van der Waals surface area (Å²) < 4.78 is 5.69. The fourth-order valence-electron chi connectivity index (χ4n) is 1.87. The highest BCUT2D eigenvalue weighted by atomic mass is 16.5. The van der Waals surface area contributed by atoms with Gasteiger partial charge in [-0.15, -0.1) is 0 Å². The molecular weight excluding hydrogens is 264 g/mol. The van der Waals surface area contributed by atoms with Crippen molar-refractivity contribution in [2.75, 3.05) is 0 Å². The Balaban J connectivity index is 2.28. The number of ether oxygens (including phenoxy) is 1. The van der Waals surface area contributed by atoms with Crippen molar-refractivity contribution in [3.63, 3.8) is 0 Å². The second-order valence-electron chi connectivity index (χ2n) is 5.97. The second kappa shape index (κ2) is 5.52. The van der Waals surface area contributed by atoms with E-state index in [0.29, 0.717) is 11.4 Å². The minimum Gasteiger partial charge on any atom is -0.424 e.